The molecule has 5 heteroatoms. The van der Waals surface area contributed by atoms with Gasteiger partial charge in [0.25, 0.3) is 0 Å². The lowest BCUT2D eigenvalue weighted by molar-refractivity contribution is 0.658. The fourth-order valence-electron chi connectivity index (χ4n) is 8.48. The van der Waals surface area contributed by atoms with E-state index < -0.39 is 0 Å². The molecule has 0 spiro atoms. The fourth-order valence-corrected chi connectivity index (χ4v) is 8.48. The highest BCUT2D eigenvalue weighted by Crippen LogP contribution is 2.54. The van der Waals surface area contributed by atoms with E-state index in [-0.39, 0.29) is 5.41 Å². The van der Waals surface area contributed by atoms with E-state index >= 15 is 0 Å². The predicted molar refractivity (Wildman–Crippen MR) is 215 cm³/mol. The first-order valence-electron chi connectivity index (χ1n) is 18.0. The van der Waals surface area contributed by atoms with Gasteiger partial charge in [0.05, 0.1) is 11.0 Å². The van der Waals surface area contributed by atoms with Crippen molar-refractivity contribution in [1.29, 1.82) is 0 Å². The van der Waals surface area contributed by atoms with Crippen molar-refractivity contribution in [1.82, 2.24) is 19.5 Å². The lowest BCUT2D eigenvalue weighted by Gasteiger charge is -2.21. The van der Waals surface area contributed by atoms with Crippen LogP contribution in [0.4, 0.5) is 0 Å². The van der Waals surface area contributed by atoms with Gasteiger partial charge < -0.3 is 8.98 Å². The molecule has 10 aromatic rings. The van der Waals surface area contributed by atoms with Crippen LogP contribution in [0.5, 0.6) is 0 Å². The van der Waals surface area contributed by atoms with Crippen LogP contribution >= 0.6 is 0 Å². The fraction of sp³-hybridized carbons (Fsp3) is 0.0625. The summed E-state index contributed by atoms with van der Waals surface area (Å²) in [6.45, 7) is 4.70. The van der Waals surface area contributed by atoms with Crippen LogP contribution < -0.4 is 0 Å². The normalized spacial score (nSPS) is 13.2. The molecule has 3 heterocycles. The van der Waals surface area contributed by atoms with Crippen molar-refractivity contribution < 1.29 is 4.42 Å². The Kier molecular flexibility index (Phi) is 6.23. The maximum Gasteiger partial charge on any atom is 0.164 e. The van der Waals surface area contributed by atoms with E-state index in [0.29, 0.717) is 17.5 Å². The SMILES string of the molecule is CC1(C)c2cc3c(cc2-c2c1ccc1c2c2ccccc2n1-c1ccc(-c2nc(-c4ccccc4)nc(-c4ccccc4)n2)cc1)oc1ccccc13. The quantitative estimate of drug-likeness (QED) is 0.186. The van der Waals surface area contributed by atoms with Gasteiger partial charge >= 0.3 is 0 Å². The van der Waals surface area contributed by atoms with E-state index in [1.807, 2.05) is 66.7 Å². The average molecular weight is 681 g/mol. The highest BCUT2D eigenvalue weighted by atomic mass is 16.3. The van der Waals surface area contributed by atoms with Gasteiger partial charge in [-0.2, -0.15) is 0 Å². The summed E-state index contributed by atoms with van der Waals surface area (Å²) in [6, 6.07) is 55.2. The molecule has 0 N–H and O–H groups in total. The van der Waals surface area contributed by atoms with E-state index in [2.05, 4.69) is 109 Å². The Labute approximate surface area is 305 Å². The Morgan fingerprint density at radius 2 is 1.06 bits per heavy atom. The third-order valence-electron chi connectivity index (χ3n) is 11.1. The summed E-state index contributed by atoms with van der Waals surface area (Å²) < 4.78 is 8.81. The van der Waals surface area contributed by atoms with Gasteiger partial charge in [-0.15, -0.1) is 0 Å². The molecule has 7 aromatic carbocycles. The number of hydrogen-bond acceptors (Lipinski definition) is 4. The molecule has 0 unspecified atom stereocenters. The van der Waals surface area contributed by atoms with Crippen molar-refractivity contribution in [3.8, 4) is 51.0 Å². The second-order valence-electron chi connectivity index (χ2n) is 14.4. The number of rotatable bonds is 4. The molecule has 0 atom stereocenters. The van der Waals surface area contributed by atoms with E-state index in [1.165, 1.54) is 43.9 Å². The molecule has 0 saturated carbocycles. The molecule has 53 heavy (non-hydrogen) atoms. The molecule has 11 rings (SSSR count). The molecule has 1 aliphatic carbocycles. The second kappa shape index (κ2) is 11.1. The maximum atomic E-state index is 6.43. The van der Waals surface area contributed by atoms with Crippen molar-refractivity contribution in [2.24, 2.45) is 0 Å². The number of nitrogens with zero attached hydrogens (tertiary/aromatic N) is 4. The maximum absolute atomic E-state index is 6.43. The Bertz CT molecular complexity index is 3010. The molecule has 0 aliphatic heterocycles. The number of furan rings is 1. The monoisotopic (exact) mass is 680 g/mol. The van der Waals surface area contributed by atoms with Crippen LogP contribution in [0.1, 0.15) is 25.0 Å². The Hall–Kier alpha value is -6.85. The van der Waals surface area contributed by atoms with Crippen molar-refractivity contribution in [2.75, 3.05) is 0 Å². The first-order valence-corrected chi connectivity index (χ1v) is 18.0. The first-order chi connectivity index (χ1) is 26.0. The van der Waals surface area contributed by atoms with E-state index in [9.17, 15) is 0 Å². The van der Waals surface area contributed by atoms with E-state index in [1.54, 1.807) is 0 Å². The molecular weight excluding hydrogens is 649 g/mol. The van der Waals surface area contributed by atoms with E-state index in [4.69, 9.17) is 19.4 Å². The molecule has 1 aliphatic rings. The van der Waals surface area contributed by atoms with Crippen LogP contribution in [-0.4, -0.2) is 19.5 Å². The highest BCUT2D eigenvalue weighted by molar-refractivity contribution is 6.19. The molecule has 0 bridgehead atoms. The van der Waals surface area contributed by atoms with Crippen LogP contribution in [0.2, 0.25) is 0 Å². The van der Waals surface area contributed by atoms with Gasteiger partial charge in [-0.05, 0) is 76.9 Å². The number of para-hydroxylation sites is 2. The minimum absolute atomic E-state index is 0.169. The number of fused-ring (bicyclic) bond motifs is 10. The summed E-state index contributed by atoms with van der Waals surface area (Å²) in [6.07, 6.45) is 0. The summed E-state index contributed by atoms with van der Waals surface area (Å²) in [5, 5.41) is 4.83. The smallest absolute Gasteiger partial charge is 0.164 e. The van der Waals surface area contributed by atoms with Crippen LogP contribution in [-0.2, 0) is 5.41 Å². The number of hydrogen-bond donors (Lipinski definition) is 0. The van der Waals surface area contributed by atoms with Crippen LogP contribution in [0.3, 0.4) is 0 Å². The number of aromatic nitrogens is 4. The van der Waals surface area contributed by atoms with Gasteiger partial charge in [0, 0.05) is 49.3 Å². The topological polar surface area (TPSA) is 56.7 Å². The van der Waals surface area contributed by atoms with Gasteiger partial charge in [0.15, 0.2) is 17.5 Å². The summed E-state index contributed by atoms with van der Waals surface area (Å²) in [5.74, 6) is 1.94. The van der Waals surface area contributed by atoms with Gasteiger partial charge in [-0.25, -0.2) is 15.0 Å². The third-order valence-corrected chi connectivity index (χ3v) is 11.1. The van der Waals surface area contributed by atoms with Crippen LogP contribution in [0.15, 0.2) is 162 Å². The molecule has 0 saturated heterocycles. The Morgan fingerprint density at radius 3 is 1.74 bits per heavy atom. The zero-order valence-electron chi connectivity index (χ0n) is 29.2. The minimum atomic E-state index is -0.169. The van der Waals surface area contributed by atoms with Gasteiger partial charge in [0.2, 0.25) is 0 Å². The highest BCUT2D eigenvalue weighted by Gasteiger charge is 2.38. The predicted octanol–water partition coefficient (Wildman–Crippen LogP) is 12.2. The van der Waals surface area contributed by atoms with Gasteiger partial charge in [-0.3, -0.25) is 0 Å². The zero-order chi connectivity index (χ0) is 35.3. The van der Waals surface area contributed by atoms with Gasteiger partial charge in [-0.1, -0.05) is 117 Å². The molecule has 3 aromatic heterocycles. The summed E-state index contributed by atoms with van der Waals surface area (Å²) >= 11 is 0. The molecule has 5 nitrogen and oxygen atoms in total. The lowest BCUT2D eigenvalue weighted by Crippen LogP contribution is -2.14. The largest absolute Gasteiger partial charge is 0.456 e. The van der Waals surface area contributed by atoms with Gasteiger partial charge in [0.1, 0.15) is 11.2 Å². The van der Waals surface area contributed by atoms with E-state index in [0.717, 1.165) is 44.4 Å². The number of benzene rings is 7. The Balaban J connectivity index is 1.09. The lowest BCUT2D eigenvalue weighted by atomic mass is 9.82. The molecule has 0 amide bonds. The standard InChI is InChI=1S/C48H32N4O/c1-48(2)37-25-26-40-44(43(37)36-28-42-35(27-38(36)48)33-17-10-12-20-41(33)53-42)34-18-9-11-19-39(34)52(40)32-23-21-31(22-24-32)47-50-45(29-13-5-3-6-14-29)49-46(51-47)30-15-7-4-8-16-30/h3-28H,1-2H3. The summed E-state index contributed by atoms with van der Waals surface area (Å²) in [7, 11) is 0. The molecule has 0 radical (unpaired) electrons. The first kappa shape index (κ1) is 29.8. The average Bonchev–Trinajstić information content (AvgIpc) is 3.82. The van der Waals surface area contributed by atoms with Crippen molar-refractivity contribution in [3.05, 3.63) is 169 Å². The third kappa shape index (κ3) is 4.40. The van der Waals surface area contributed by atoms with Crippen molar-refractivity contribution >= 4 is 43.7 Å². The van der Waals surface area contributed by atoms with Crippen molar-refractivity contribution in [3.63, 3.8) is 0 Å². The Morgan fingerprint density at radius 1 is 0.472 bits per heavy atom. The minimum Gasteiger partial charge on any atom is -0.456 e. The van der Waals surface area contributed by atoms with Crippen LogP contribution in [0, 0.1) is 0 Å². The molecule has 250 valence electrons. The zero-order valence-corrected chi connectivity index (χ0v) is 29.2. The summed E-state index contributed by atoms with van der Waals surface area (Å²) in [4.78, 5) is 14.8. The summed E-state index contributed by atoms with van der Waals surface area (Å²) in [5.41, 5.74) is 13.1. The van der Waals surface area contributed by atoms with Crippen molar-refractivity contribution in [2.45, 2.75) is 19.3 Å². The second-order valence-corrected chi connectivity index (χ2v) is 14.4. The molecule has 0 fully saturated rings. The van der Waals surface area contributed by atoms with Crippen LogP contribution in [0.25, 0.3) is 94.7 Å². The molecular formula is C48H32N4O.